The van der Waals surface area contributed by atoms with Crippen LogP contribution in [0.2, 0.25) is 0 Å². The maximum atomic E-state index is 12.9. The van der Waals surface area contributed by atoms with E-state index in [1.807, 2.05) is 17.5 Å². The topological polar surface area (TPSA) is 52.0 Å². The standard InChI is InChI=1S/C19H20N2O2S/c1-11(2)14-5-7-15(8-6-14)16-9-24-18-17(16)19(23)21(10-20-18)12(3)13(4)22/h5-12H,1-4H3. The molecule has 5 heteroatoms. The van der Waals surface area contributed by atoms with E-state index in [9.17, 15) is 9.59 Å². The Bertz CT molecular complexity index is 952. The molecule has 4 nitrogen and oxygen atoms in total. The summed E-state index contributed by atoms with van der Waals surface area (Å²) in [5.41, 5.74) is 2.98. The number of thiophene rings is 1. The second-order valence-corrected chi connectivity index (χ2v) is 7.21. The van der Waals surface area contributed by atoms with E-state index in [0.29, 0.717) is 16.1 Å². The molecule has 1 aromatic carbocycles. The number of ketones is 1. The van der Waals surface area contributed by atoms with Crippen molar-refractivity contribution in [3.05, 3.63) is 51.9 Å². The molecule has 2 aromatic heterocycles. The average Bonchev–Trinajstić information content (AvgIpc) is 2.99. The van der Waals surface area contributed by atoms with Crippen molar-refractivity contribution in [2.45, 2.75) is 39.7 Å². The minimum absolute atomic E-state index is 0.0590. The van der Waals surface area contributed by atoms with Crippen LogP contribution in [0.15, 0.2) is 40.8 Å². The van der Waals surface area contributed by atoms with Gasteiger partial charge in [-0.15, -0.1) is 11.3 Å². The molecule has 0 spiro atoms. The van der Waals surface area contributed by atoms with Crippen LogP contribution in [-0.2, 0) is 4.79 Å². The van der Waals surface area contributed by atoms with Gasteiger partial charge in [0.05, 0.1) is 17.8 Å². The number of hydrogen-bond donors (Lipinski definition) is 0. The van der Waals surface area contributed by atoms with E-state index >= 15 is 0 Å². The SMILES string of the molecule is CC(=O)C(C)n1cnc2scc(-c3ccc(C(C)C)cc3)c2c1=O. The van der Waals surface area contributed by atoms with Gasteiger partial charge in [-0.2, -0.15) is 0 Å². The van der Waals surface area contributed by atoms with E-state index < -0.39 is 6.04 Å². The first-order valence-corrected chi connectivity index (χ1v) is 8.87. The molecule has 1 atom stereocenters. The normalized spacial score (nSPS) is 12.7. The highest BCUT2D eigenvalue weighted by molar-refractivity contribution is 7.17. The second kappa shape index (κ2) is 6.32. The lowest BCUT2D eigenvalue weighted by Crippen LogP contribution is -2.27. The third-order valence-electron chi connectivity index (χ3n) is 4.41. The van der Waals surface area contributed by atoms with Crippen molar-refractivity contribution in [3.63, 3.8) is 0 Å². The molecule has 0 aliphatic rings. The molecule has 0 bridgehead atoms. The van der Waals surface area contributed by atoms with Gasteiger partial charge in [-0.3, -0.25) is 14.2 Å². The Kier molecular flexibility index (Phi) is 4.37. The monoisotopic (exact) mass is 340 g/mol. The van der Waals surface area contributed by atoms with Crippen LogP contribution < -0.4 is 5.56 Å². The molecule has 1 unspecified atom stereocenters. The highest BCUT2D eigenvalue weighted by Gasteiger charge is 2.17. The molecule has 0 aliphatic carbocycles. The van der Waals surface area contributed by atoms with Crippen molar-refractivity contribution in [2.24, 2.45) is 0 Å². The number of carbonyl (C=O) groups is 1. The van der Waals surface area contributed by atoms with Crippen molar-refractivity contribution in [1.29, 1.82) is 0 Å². The summed E-state index contributed by atoms with van der Waals surface area (Å²) >= 11 is 1.45. The van der Waals surface area contributed by atoms with Crippen molar-refractivity contribution < 1.29 is 4.79 Å². The lowest BCUT2D eigenvalue weighted by atomic mass is 9.99. The van der Waals surface area contributed by atoms with E-state index in [-0.39, 0.29) is 11.3 Å². The summed E-state index contributed by atoms with van der Waals surface area (Å²) in [5, 5.41) is 2.56. The van der Waals surface area contributed by atoms with Gasteiger partial charge >= 0.3 is 0 Å². The molecular formula is C19H20N2O2S. The quantitative estimate of drug-likeness (QED) is 0.707. The van der Waals surface area contributed by atoms with Gasteiger partial charge in [-0.05, 0) is 30.9 Å². The smallest absolute Gasteiger partial charge is 0.263 e. The van der Waals surface area contributed by atoms with Gasteiger partial charge in [0.15, 0.2) is 5.78 Å². The predicted molar refractivity (Wildman–Crippen MR) is 98.8 cm³/mol. The zero-order valence-electron chi connectivity index (χ0n) is 14.2. The zero-order valence-corrected chi connectivity index (χ0v) is 15.1. The van der Waals surface area contributed by atoms with E-state index in [4.69, 9.17) is 0 Å². The number of rotatable bonds is 4. The van der Waals surface area contributed by atoms with E-state index in [0.717, 1.165) is 11.1 Å². The van der Waals surface area contributed by atoms with Crippen LogP contribution in [0, 0.1) is 0 Å². The van der Waals surface area contributed by atoms with Crippen LogP contribution >= 0.6 is 11.3 Å². The lowest BCUT2D eigenvalue weighted by Gasteiger charge is -2.11. The predicted octanol–water partition coefficient (Wildman–Crippen LogP) is 4.40. The van der Waals surface area contributed by atoms with Crippen LogP contribution in [0.5, 0.6) is 0 Å². The fraction of sp³-hybridized carbons (Fsp3) is 0.316. The number of Topliss-reactive ketones (excluding diaryl/α,β-unsaturated/α-hetero) is 1. The van der Waals surface area contributed by atoms with Crippen LogP contribution in [0.1, 0.15) is 45.2 Å². The molecule has 0 saturated carbocycles. The Balaban J connectivity index is 2.17. The maximum absolute atomic E-state index is 12.9. The van der Waals surface area contributed by atoms with Crippen LogP contribution in [-0.4, -0.2) is 15.3 Å². The van der Waals surface area contributed by atoms with E-state index in [1.54, 1.807) is 6.92 Å². The summed E-state index contributed by atoms with van der Waals surface area (Å²) in [6, 6.07) is 7.77. The van der Waals surface area contributed by atoms with E-state index in [1.165, 1.54) is 34.7 Å². The lowest BCUT2D eigenvalue weighted by molar-refractivity contribution is -0.119. The fourth-order valence-electron chi connectivity index (χ4n) is 2.68. The third kappa shape index (κ3) is 2.80. The van der Waals surface area contributed by atoms with Crippen molar-refractivity contribution in [3.8, 4) is 11.1 Å². The molecule has 3 rings (SSSR count). The summed E-state index contributed by atoms with van der Waals surface area (Å²) < 4.78 is 1.42. The Morgan fingerprint density at radius 2 is 1.83 bits per heavy atom. The number of carbonyl (C=O) groups excluding carboxylic acids is 1. The van der Waals surface area contributed by atoms with Gasteiger partial charge in [-0.25, -0.2) is 4.98 Å². The number of hydrogen-bond acceptors (Lipinski definition) is 4. The van der Waals surface area contributed by atoms with Gasteiger partial charge in [0, 0.05) is 10.9 Å². The van der Waals surface area contributed by atoms with Crippen LogP contribution in [0.4, 0.5) is 0 Å². The Morgan fingerprint density at radius 1 is 1.17 bits per heavy atom. The largest absolute Gasteiger partial charge is 0.298 e. The first-order valence-electron chi connectivity index (χ1n) is 7.99. The highest BCUT2D eigenvalue weighted by Crippen LogP contribution is 2.31. The summed E-state index contributed by atoms with van der Waals surface area (Å²) in [5.74, 6) is 0.407. The molecule has 3 aromatic rings. The minimum atomic E-state index is -0.509. The Labute approximate surface area is 144 Å². The molecular weight excluding hydrogens is 320 g/mol. The van der Waals surface area contributed by atoms with Crippen molar-refractivity contribution in [2.75, 3.05) is 0 Å². The summed E-state index contributed by atoms with van der Waals surface area (Å²) in [6.07, 6.45) is 1.47. The number of nitrogens with zero attached hydrogens (tertiary/aromatic N) is 2. The van der Waals surface area contributed by atoms with Crippen LogP contribution in [0.3, 0.4) is 0 Å². The first kappa shape index (κ1) is 16.6. The summed E-state index contributed by atoms with van der Waals surface area (Å²) in [4.78, 5) is 29.6. The maximum Gasteiger partial charge on any atom is 0.263 e. The van der Waals surface area contributed by atoms with Crippen LogP contribution in [0.25, 0.3) is 21.3 Å². The molecule has 0 N–H and O–H groups in total. The number of benzene rings is 1. The molecule has 24 heavy (non-hydrogen) atoms. The Hall–Kier alpha value is -2.27. The molecule has 0 radical (unpaired) electrons. The molecule has 2 heterocycles. The first-order chi connectivity index (χ1) is 11.4. The van der Waals surface area contributed by atoms with Gasteiger partial charge in [0.2, 0.25) is 0 Å². The third-order valence-corrected chi connectivity index (χ3v) is 5.30. The fourth-order valence-corrected chi connectivity index (χ4v) is 3.58. The molecule has 0 saturated heterocycles. The summed E-state index contributed by atoms with van der Waals surface area (Å²) in [6.45, 7) is 7.52. The Morgan fingerprint density at radius 3 is 2.42 bits per heavy atom. The van der Waals surface area contributed by atoms with Gasteiger partial charge in [-0.1, -0.05) is 38.1 Å². The second-order valence-electron chi connectivity index (χ2n) is 6.35. The van der Waals surface area contributed by atoms with Gasteiger partial charge in [0.1, 0.15) is 4.83 Å². The van der Waals surface area contributed by atoms with Crippen molar-refractivity contribution in [1.82, 2.24) is 9.55 Å². The number of fused-ring (bicyclic) bond motifs is 1. The molecule has 0 fully saturated rings. The average molecular weight is 340 g/mol. The van der Waals surface area contributed by atoms with Gasteiger partial charge < -0.3 is 0 Å². The van der Waals surface area contributed by atoms with Gasteiger partial charge in [0.25, 0.3) is 5.56 Å². The van der Waals surface area contributed by atoms with E-state index in [2.05, 4.69) is 31.0 Å². The summed E-state index contributed by atoms with van der Waals surface area (Å²) in [7, 11) is 0. The number of aromatic nitrogens is 2. The zero-order chi connectivity index (χ0) is 17.4. The highest BCUT2D eigenvalue weighted by atomic mass is 32.1. The molecule has 0 aliphatic heterocycles. The minimum Gasteiger partial charge on any atom is -0.298 e. The molecule has 124 valence electrons. The van der Waals surface area contributed by atoms with Crippen molar-refractivity contribution >= 4 is 27.3 Å². The molecule has 0 amide bonds.